The van der Waals surface area contributed by atoms with Crippen molar-refractivity contribution in [1.29, 1.82) is 0 Å². The average Bonchev–Trinajstić information content (AvgIpc) is 2.52. The number of benzene rings is 2. The Hall–Kier alpha value is -2.12. The Balaban J connectivity index is 2.15. The molecule has 0 fully saturated rings. The molecule has 2 aromatic carbocycles. The van der Waals surface area contributed by atoms with Gasteiger partial charge in [-0.05, 0) is 36.8 Å². The molecule has 0 spiro atoms. The molecule has 0 bridgehead atoms. The molecule has 8 heteroatoms. The SMILES string of the molecule is Cc1ccc(Cl)cc1N(CCC(=O)Nc1ccccc1F)S(C)(=O)=O. The maximum absolute atomic E-state index is 13.6. The van der Waals surface area contributed by atoms with Gasteiger partial charge in [0.25, 0.3) is 0 Å². The van der Waals surface area contributed by atoms with Crippen LogP contribution in [0.1, 0.15) is 12.0 Å². The highest BCUT2D eigenvalue weighted by Crippen LogP contribution is 2.26. The predicted octanol–water partition coefficient (Wildman–Crippen LogP) is 3.58. The van der Waals surface area contributed by atoms with E-state index in [-0.39, 0.29) is 18.7 Å². The second-order valence-corrected chi connectivity index (χ2v) is 7.89. The Morgan fingerprint density at radius 3 is 2.56 bits per heavy atom. The Labute approximate surface area is 151 Å². The molecule has 1 N–H and O–H groups in total. The minimum Gasteiger partial charge on any atom is -0.324 e. The predicted molar refractivity (Wildman–Crippen MR) is 98.0 cm³/mol. The van der Waals surface area contributed by atoms with E-state index < -0.39 is 21.7 Å². The first-order valence-corrected chi connectivity index (χ1v) is 9.69. The summed E-state index contributed by atoms with van der Waals surface area (Å²) in [4.78, 5) is 12.1. The van der Waals surface area contributed by atoms with Crippen LogP contribution < -0.4 is 9.62 Å². The van der Waals surface area contributed by atoms with Crippen LogP contribution in [0.2, 0.25) is 5.02 Å². The first-order chi connectivity index (χ1) is 11.7. The molecule has 0 saturated carbocycles. The number of rotatable bonds is 6. The molecule has 2 rings (SSSR count). The molecule has 0 atom stereocenters. The number of sulfonamides is 1. The van der Waals surface area contributed by atoms with Crippen molar-refractivity contribution in [3.05, 3.63) is 58.9 Å². The number of hydrogen-bond donors (Lipinski definition) is 1. The zero-order chi connectivity index (χ0) is 18.6. The summed E-state index contributed by atoms with van der Waals surface area (Å²) in [7, 11) is -3.61. The highest BCUT2D eigenvalue weighted by atomic mass is 35.5. The number of para-hydroxylation sites is 1. The lowest BCUT2D eigenvalue weighted by molar-refractivity contribution is -0.116. The number of aryl methyl sites for hydroxylation is 1. The minimum absolute atomic E-state index is 0.0531. The Kier molecular flexibility index (Phi) is 6.02. The summed E-state index contributed by atoms with van der Waals surface area (Å²) in [6, 6.07) is 10.7. The maximum Gasteiger partial charge on any atom is 0.232 e. The van der Waals surface area contributed by atoms with Gasteiger partial charge >= 0.3 is 0 Å². The molecule has 134 valence electrons. The molecule has 0 radical (unpaired) electrons. The highest BCUT2D eigenvalue weighted by molar-refractivity contribution is 7.92. The largest absolute Gasteiger partial charge is 0.324 e. The molecule has 0 aliphatic heterocycles. The molecule has 0 aliphatic rings. The van der Waals surface area contributed by atoms with Gasteiger partial charge in [-0.2, -0.15) is 0 Å². The molecule has 1 amide bonds. The van der Waals surface area contributed by atoms with Crippen molar-refractivity contribution in [2.45, 2.75) is 13.3 Å². The zero-order valence-corrected chi connectivity index (χ0v) is 15.4. The summed E-state index contributed by atoms with van der Waals surface area (Å²) in [6.45, 7) is 1.67. The van der Waals surface area contributed by atoms with E-state index >= 15 is 0 Å². The number of halogens is 2. The lowest BCUT2D eigenvalue weighted by Gasteiger charge is -2.24. The van der Waals surface area contributed by atoms with E-state index in [1.54, 1.807) is 25.1 Å². The van der Waals surface area contributed by atoms with Crippen molar-refractivity contribution in [3.8, 4) is 0 Å². The summed E-state index contributed by atoms with van der Waals surface area (Å²) in [5.41, 5.74) is 1.18. The summed E-state index contributed by atoms with van der Waals surface area (Å²) >= 11 is 5.96. The summed E-state index contributed by atoms with van der Waals surface area (Å²) < 4.78 is 38.9. The van der Waals surface area contributed by atoms with Crippen molar-refractivity contribution in [1.82, 2.24) is 0 Å². The van der Waals surface area contributed by atoms with Gasteiger partial charge in [0.15, 0.2) is 0 Å². The van der Waals surface area contributed by atoms with Crippen LogP contribution in [-0.2, 0) is 14.8 Å². The van der Waals surface area contributed by atoms with E-state index in [1.807, 2.05) is 0 Å². The van der Waals surface area contributed by atoms with Crippen molar-refractivity contribution < 1.29 is 17.6 Å². The smallest absolute Gasteiger partial charge is 0.232 e. The molecule has 0 aromatic heterocycles. The van der Waals surface area contributed by atoms with Crippen LogP contribution in [0.25, 0.3) is 0 Å². The number of carbonyl (C=O) groups excluding carboxylic acids is 1. The van der Waals surface area contributed by atoms with Gasteiger partial charge in [0.1, 0.15) is 5.82 Å². The summed E-state index contributed by atoms with van der Waals surface area (Å²) in [5.74, 6) is -1.04. The third kappa shape index (κ3) is 5.17. The van der Waals surface area contributed by atoms with E-state index in [9.17, 15) is 17.6 Å². The standard InChI is InChI=1S/C17H18ClFN2O3S/c1-12-7-8-13(18)11-16(12)21(25(2,23)24)10-9-17(22)20-15-6-4-3-5-14(15)19/h3-8,11H,9-10H2,1-2H3,(H,20,22). The van der Waals surface area contributed by atoms with Crippen molar-refractivity contribution in [3.63, 3.8) is 0 Å². The van der Waals surface area contributed by atoms with Gasteiger partial charge < -0.3 is 5.32 Å². The number of anilines is 2. The van der Waals surface area contributed by atoms with Gasteiger partial charge in [-0.3, -0.25) is 9.10 Å². The van der Waals surface area contributed by atoms with Crippen LogP contribution in [0.15, 0.2) is 42.5 Å². The Morgan fingerprint density at radius 2 is 1.92 bits per heavy atom. The molecule has 0 saturated heterocycles. The van der Waals surface area contributed by atoms with Gasteiger partial charge in [0.2, 0.25) is 15.9 Å². The van der Waals surface area contributed by atoms with Gasteiger partial charge in [0, 0.05) is 18.0 Å². The molecule has 25 heavy (non-hydrogen) atoms. The number of hydrogen-bond acceptors (Lipinski definition) is 3. The van der Waals surface area contributed by atoms with Gasteiger partial charge in [-0.15, -0.1) is 0 Å². The van der Waals surface area contributed by atoms with Crippen molar-refractivity contribution in [2.75, 3.05) is 22.4 Å². The van der Waals surface area contributed by atoms with E-state index in [2.05, 4.69) is 5.32 Å². The van der Waals surface area contributed by atoms with Crippen molar-refractivity contribution >= 4 is 38.9 Å². The second kappa shape index (κ2) is 7.84. The highest BCUT2D eigenvalue weighted by Gasteiger charge is 2.21. The van der Waals surface area contributed by atoms with Gasteiger partial charge in [-0.1, -0.05) is 29.8 Å². The normalized spacial score (nSPS) is 11.2. The third-order valence-electron chi connectivity index (χ3n) is 3.53. The average molecular weight is 385 g/mol. The fraction of sp³-hybridized carbons (Fsp3) is 0.235. The van der Waals surface area contributed by atoms with Crippen LogP contribution in [0.3, 0.4) is 0 Å². The fourth-order valence-corrected chi connectivity index (χ4v) is 3.44. The zero-order valence-electron chi connectivity index (χ0n) is 13.8. The molecule has 5 nitrogen and oxygen atoms in total. The van der Waals surface area contributed by atoms with Gasteiger partial charge in [0.05, 0.1) is 17.6 Å². The first-order valence-electron chi connectivity index (χ1n) is 7.47. The number of nitrogens with zero attached hydrogens (tertiary/aromatic N) is 1. The third-order valence-corrected chi connectivity index (χ3v) is 4.95. The maximum atomic E-state index is 13.6. The molecule has 2 aromatic rings. The quantitative estimate of drug-likeness (QED) is 0.827. The first kappa shape index (κ1) is 19.2. The van der Waals surface area contributed by atoms with Crippen LogP contribution >= 0.6 is 11.6 Å². The summed E-state index contributed by atoms with van der Waals surface area (Å²) in [5, 5.41) is 2.83. The van der Waals surface area contributed by atoms with E-state index in [1.165, 1.54) is 24.3 Å². The molecule has 0 unspecified atom stereocenters. The van der Waals surface area contributed by atoms with E-state index in [4.69, 9.17) is 11.6 Å². The second-order valence-electron chi connectivity index (χ2n) is 5.54. The lowest BCUT2D eigenvalue weighted by atomic mass is 10.2. The van der Waals surface area contributed by atoms with Crippen LogP contribution in [0.5, 0.6) is 0 Å². The van der Waals surface area contributed by atoms with Crippen LogP contribution in [-0.4, -0.2) is 27.1 Å². The lowest BCUT2D eigenvalue weighted by Crippen LogP contribution is -2.33. The molecule has 0 aliphatic carbocycles. The molecule has 0 heterocycles. The van der Waals surface area contributed by atoms with Crippen LogP contribution in [0.4, 0.5) is 15.8 Å². The minimum atomic E-state index is -3.61. The van der Waals surface area contributed by atoms with E-state index in [0.717, 1.165) is 10.6 Å². The molecular formula is C17H18ClFN2O3S. The number of amides is 1. The van der Waals surface area contributed by atoms with E-state index in [0.29, 0.717) is 16.3 Å². The fourth-order valence-electron chi connectivity index (χ4n) is 2.29. The number of carbonyl (C=O) groups is 1. The topological polar surface area (TPSA) is 66.5 Å². The van der Waals surface area contributed by atoms with Gasteiger partial charge in [-0.25, -0.2) is 12.8 Å². The Morgan fingerprint density at radius 1 is 1.24 bits per heavy atom. The monoisotopic (exact) mass is 384 g/mol. The summed E-state index contributed by atoms with van der Waals surface area (Å²) in [6.07, 6.45) is 0.926. The van der Waals surface area contributed by atoms with Crippen LogP contribution in [0, 0.1) is 12.7 Å². The molecular weight excluding hydrogens is 367 g/mol. The van der Waals surface area contributed by atoms with Crippen molar-refractivity contribution in [2.24, 2.45) is 0 Å². The Bertz CT molecular complexity index is 887. The number of nitrogens with one attached hydrogen (secondary N) is 1.